The standard InChI is InChI=1S/C17H19N3O5/c21-16(6-4-11-3-5-12-14(8-11)24-10-23-12)18-9-15-19-17(25-20-15)13-2-1-7-22-13/h3,5,8,13H,1-2,4,6-7,9-10H2,(H,18,21). The van der Waals surface area contributed by atoms with E-state index in [0.29, 0.717) is 24.6 Å². The Morgan fingerprint density at radius 1 is 1.28 bits per heavy atom. The molecule has 4 rings (SSSR count). The summed E-state index contributed by atoms with van der Waals surface area (Å²) in [4.78, 5) is 16.3. The number of ether oxygens (including phenoxy) is 3. The second-order valence-electron chi connectivity index (χ2n) is 6.01. The van der Waals surface area contributed by atoms with Crippen LogP contribution in [0.2, 0.25) is 0 Å². The van der Waals surface area contributed by atoms with Gasteiger partial charge in [0.1, 0.15) is 6.10 Å². The summed E-state index contributed by atoms with van der Waals surface area (Å²) in [6.07, 6.45) is 2.78. The van der Waals surface area contributed by atoms with E-state index in [2.05, 4.69) is 15.5 Å². The molecule has 1 aromatic heterocycles. The first-order valence-electron chi connectivity index (χ1n) is 8.37. The zero-order chi connectivity index (χ0) is 17.1. The number of carbonyl (C=O) groups is 1. The van der Waals surface area contributed by atoms with Crippen LogP contribution in [0.3, 0.4) is 0 Å². The predicted molar refractivity (Wildman–Crippen MR) is 85.0 cm³/mol. The fraction of sp³-hybridized carbons (Fsp3) is 0.471. The highest BCUT2D eigenvalue weighted by atomic mass is 16.7. The van der Waals surface area contributed by atoms with Crippen molar-refractivity contribution in [2.75, 3.05) is 13.4 Å². The maximum Gasteiger partial charge on any atom is 0.255 e. The lowest BCUT2D eigenvalue weighted by atomic mass is 10.1. The number of hydrogen-bond acceptors (Lipinski definition) is 7. The minimum Gasteiger partial charge on any atom is -0.454 e. The first-order valence-corrected chi connectivity index (χ1v) is 8.37. The Balaban J connectivity index is 1.24. The molecule has 2 aliphatic heterocycles. The van der Waals surface area contributed by atoms with Gasteiger partial charge in [-0.15, -0.1) is 0 Å². The molecule has 8 nitrogen and oxygen atoms in total. The molecule has 0 saturated carbocycles. The van der Waals surface area contributed by atoms with Gasteiger partial charge >= 0.3 is 0 Å². The molecule has 1 unspecified atom stereocenters. The largest absolute Gasteiger partial charge is 0.454 e. The third kappa shape index (κ3) is 3.74. The molecule has 8 heteroatoms. The van der Waals surface area contributed by atoms with Gasteiger partial charge in [-0.25, -0.2) is 0 Å². The summed E-state index contributed by atoms with van der Waals surface area (Å²) in [5, 5.41) is 6.68. The summed E-state index contributed by atoms with van der Waals surface area (Å²) in [5.74, 6) is 2.35. The summed E-state index contributed by atoms with van der Waals surface area (Å²) in [5.41, 5.74) is 1.03. The van der Waals surface area contributed by atoms with Gasteiger partial charge in [-0.2, -0.15) is 4.98 Å². The maximum absolute atomic E-state index is 12.0. The SMILES string of the molecule is O=C(CCc1ccc2c(c1)OCO2)NCc1noc(C2CCCO2)n1. The van der Waals surface area contributed by atoms with E-state index in [0.717, 1.165) is 36.5 Å². The van der Waals surface area contributed by atoms with Crippen molar-refractivity contribution in [2.45, 2.75) is 38.3 Å². The van der Waals surface area contributed by atoms with E-state index in [-0.39, 0.29) is 25.3 Å². The van der Waals surface area contributed by atoms with E-state index < -0.39 is 0 Å². The summed E-state index contributed by atoms with van der Waals surface area (Å²) in [6.45, 7) is 1.22. The molecule has 25 heavy (non-hydrogen) atoms. The lowest BCUT2D eigenvalue weighted by molar-refractivity contribution is -0.121. The molecule has 2 aromatic rings. The first kappa shape index (κ1) is 15.9. The fourth-order valence-electron chi connectivity index (χ4n) is 2.86. The summed E-state index contributed by atoms with van der Waals surface area (Å²) >= 11 is 0. The minimum atomic E-state index is -0.108. The van der Waals surface area contributed by atoms with E-state index in [9.17, 15) is 4.79 Å². The van der Waals surface area contributed by atoms with Gasteiger partial charge in [0, 0.05) is 13.0 Å². The number of nitrogens with zero attached hydrogens (tertiary/aromatic N) is 2. The molecule has 0 bridgehead atoms. The maximum atomic E-state index is 12.0. The molecule has 132 valence electrons. The number of aromatic nitrogens is 2. The number of benzene rings is 1. The highest BCUT2D eigenvalue weighted by Crippen LogP contribution is 2.32. The summed E-state index contributed by atoms with van der Waals surface area (Å²) < 4.78 is 21.3. The van der Waals surface area contributed by atoms with Gasteiger partial charge in [-0.3, -0.25) is 4.79 Å². The predicted octanol–water partition coefficient (Wildman–Crippen LogP) is 1.90. The van der Waals surface area contributed by atoms with Crippen molar-refractivity contribution < 1.29 is 23.5 Å². The molecule has 1 amide bonds. The number of hydrogen-bond donors (Lipinski definition) is 1. The van der Waals surface area contributed by atoms with Crippen LogP contribution in [0.25, 0.3) is 0 Å². The Kier molecular flexibility index (Phi) is 4.51. The molecule has 0 aliphatic carbocycles. The van der Waals surface area contributed by atoms with Crippen molar-refractivity contribution in [1.29, 1.82) is 0 Å². The van der Waals surface area contributed by atoms with Crippen LogP contribution < -0.4 is 14.8 Å². The monoisotopic (exact) mass is 345 g/mol. The van der Waals surface area contributed by atoms with Crippen LogP contribution in [0.15, 0.2) is 22.7 Å². The van der Waals surface area contributed by atoms with Crippen LogP contribution in [0, 0.1) is 0 Å². The van der Waals surface area contributed by atoms with Crippen LogP contribution in [0.4, 0.5) is 0 Å². The Morgan fingerprint density at radius 3 is 3.08 bits per heavy atom. The van der Waals surface area contributed by atoms with Crippen LogP contribution in [0.1, 0.15) is 42.6 Å². The lowest BCUT2D eigenvalue weighted by Gasteiger charge is -2.04. The first-order chi connectivity index (χ1) is 12.3. The Bertz CT molecular complexity index is 754. The second-order valence-corrected chi connectivity index (χ2v) is 6.01. The molecule has 0 spiro atoms. The van der Waals surface area contributed by atoms with Crippen LogP contribution in [0.5, 0.6) is 11.5 Å². The number of rotatable bonds is 6. The number of amides is 1. The average molecular weight is 345 g/mol. The summed E-state index contributed by atoms with van der Waals surface area (Å²) in [6, 6.07) is 5.71. The average Bonchev–Trinajstić information content (AvgIpc) is 3.38. The highest BCUT2D eigenvalue weighted by molar-refractivity contribution is 5.76. The van der Waals surface area contributed by atoms with E-state index in [1.807, 2.05) is 18.2 Å². The minimum absolute atomic E-state index is 0.0684. The van der Waals surface area contributed by atoms with Crippen molar-refractivity contribution in [3.63, 3.8) is 0 Å². The zero-order valence-electron chi connectivity index (χ0n) is 13.7. The molecule has 1 aromatic carbocycles. The zero-order valence-corrected chi connectivity index (χ0v) is 13.7. The van der Waals surface area contributed by atoms with Gasteiger partial charge < -0.3 is 24.1 Å². The molecule has 1 N–H and O–H groups in total. The van der Waals surface area contributed by atoms with Gasteiger partial charge in [0.25, 0.3) is 5.89 Å². The van der Waals surface area contributed by atoms with Crippen molar-refractivity contribution in [3.05, 3.63) is 35.5 Å². The Morgan fingerprint density at radius 2 is 2.20 bits per heavy atom. The van der Waals surface area contributed by atoms with Crippen molar-refractivity contribution in [2.24, 2.45) is 0 Å². The molecular formula is C17H19N3O5. The Labute approximate surface area is 144 Å². The lowest BCUT2D eigenvalue weighted by Crippen LogP contribution is -2.23. The second kappa shape index (κ2) is 7.10. The van der Waals surface area contributed by atoms with Gasteiger partial charge in [-0.05, 0) is 37.0 Å². The van der Waals surface area contributed by atoms with Crippen molar-refractivity contribution in [1.82, 2.24) is 15.5 Å². The third-order valence-corrected chi connectivity index (χ3v) is 4.21. The van der Waals surface area contributed by atoms with Crippen LogP contribution >= 0.6 is 0 Å². The van der Waals surface area contributed by atoms with Crippen LogP contribution in [-0.2, 0) is 22.5 Å². The highest BCUT2D eigenvalue weighted by Gasteiger charge is 2.23. The summed E-state index contributed by atoms with van der Waals surface area (Å²) in [7, 11) is 0. The van der Waals surface area contributed by atoms with Gasteiger partial charge in [-0.1, -0.05) is 11.2 Å². The fourth-order valence-corrected chi connectivity index (χ4v) is 2.86. The molecule has 1 atom stereocenters. The molecular weight excluding hydrogens is 326 g/mol. The van der Waals surface area contributed by atoms with E-state index in [4.69, 9.17) is 18.7 Å². The van der Waals surface area contributed by atoms with Gasteiger partial charge in [0.15, 0.2) is 17.3 Å². The molecule has 0 radical (unpaired) electrons. The molecule has 2 aliphatic rings. The van der Waals surface area contributed by atoms with Crippen LogP contribution in [-0.4, -0.2) is 29.4 Å². The molecule has 3 heterocycles. The van der Waals surface area contributed by atoms with E-state index >= 15 is 0 Å². The molecule has 1 fully saturated rings. The topological polar surface area (TPSA) is 95.7 Å². The quantitative estimate of drug-likeness (QED) is 0.854. The number of carbonyl (C=O) groups excluding carboxylic acids is 1. The van der Waals surface area contributed by atoms with Crippen molar-refractivity contribution >= 4 is 5.91 Å². The van der Waals surface area contributed by atoms with E-state index in [1.54, 1.807) is 0 Å². The number of nitrogens with one attached hydrogen (secondary N) is 1. The third-order valence-electron chi connectivity index (χ3n) is 4.21. The smallest absolute Gasteiger partial charge is 0.255 e. The normalized spacial score (nSPS) is 18.5. The van der Waals surface area contributed by atoms with Gasteiger partial charge in [0.2, 0.25) is 12.7 Å². The number of aryl methyl sites for hydroxylation is 1. The van der Waals surface area contributed by atoms with Crippen molar-refractivity contribution in [3.8, 4) is 11.5 Å². The molecule has 1 saturated heterocycles. The number of fused-ring (bicyclic) bond motifs is 1. The Hall–Kier alpha value is -2.61. The van der Waals surface area contributed by atoms with E-state index in [1.165, 1.54) is 0 Å². The van der Waals surface area contributed by atoms with Gasteiger partial charge in [0.05, 0.1) is 6.54 Å².